The lowest BCUT2D eigenvalue weighted by Gasteiger charge is -2.31. The number of nitrogens with zero attached hydrogens (tertiary/aromatic N) is 3. The molecule has 0 radical (unpaired) electrons. The van der Waals surface area contributed by atoms with Crippen LogP contribution in [0.5, 0.6) is 0 Å². The number of nitriles is 1. The van der Waals surface area contributed by atoms with Crippen molar-refractivity contribution in [2.24, 2.45) is 0 Å². The lowest BCUT2D eigenvalue weighted by Crippen LogP contribution is -2.42. The number of pyridine rings is 1. The van der Waals surface area contributed by atoms with Crippen LogP contribution in [0.1, 0.15) is 47.4 Å². The first-order valence-corrected chi connectivity index (χ1v) is 10.9. The maximum absolute atomic E-state index is 13.4. The molecule has 1 amide bonds. The standard InChI is InChI=1S/C22H19ClF4N6O/c23-12-4-5-17-15(6-12)18(8-20(32-17)22(25,26)27)30-13-2-1-3-14(7-13)31-21(34)16-10-29-33(11-24)19(16)9-28/h4-6,8,10,13-14H,1-3,7,11H2,(H2,30,31,32,34)/p+1/t13-,14+/m0/s1. The molecule has 1 aromatic carbocycles. The molecule has 2 heterocycles. The molecule has 1 fully saturated rings. The number of halogens is 5. The zero-order chi connectivity index (χ0) is 24.5. The van der Waals surface area contributed by atoms with Gasteiger partial charge in [0, 0.05) is 28.2 Å². The summed E-state index contributed by atoms with van der Waals surface area (Å²) in [6.45, 7) is -0.977. The lowest BCUT2D eigenvalue weighted by molar-refractivity contribution is -0.771. The summed E-state index contributed by atoms with van der Waals surface area (Å²) in [5, 5.41) is 18.6. The number of hydrogen-bond donors (Lipinski definition) is 3. The van der Waals surface area contributed by atoms with E-state index in [-0.39, 0.29) is 34.5 Å². The number of H-pyrrole nitrogens is 1. The van der Waals surface area contributed by atoms with E-state index < -0.39 is 24.6 Å². The number of rotatable bonds is 5. The number of carbonyl (C=O) groups is 1. The second-order valence-electron chi connectivity index (χ2n) is 8.09. The summed E-state index contributed by atoms with van der Waals surface area (Å²) < 4.78 is 54.1. The van der Waals surface area contributed by atoms with Crippen LogP contribution >= 0.6 is 11.6 Å². The van der Waals surface area contributed by atoms with Crippen molar-refractivity contribution in [2.75, 3.05) is 5.32 Å². The average Bonchev–Trinajstić information content (AvgIpc) is 3.22. The smallest absolute Gasteiger partial charge is 0.382 e. The fraction of sp³-hybridized carbons (Fsp3) is 0.364. The number of anilines is 1. The van der Waals surface area contributed by atoms with Gasteiger partial charge in [0.1, 0.15) is 11.3 Å². The molecule has 2 atom stereocenters. The maximum atomic E-state index is 13.4. The average molecular weight is 496 g/mol. The van der Waals surface area contributed by atoms with E-state index in [1.54, 1.807) is 12.1 Å². The highest BCUT2D eigenvalue weighted by molar-refractivity contribution is 6.31. The fourth-order valence-electron chi connectivity index (χ4n) is 4.21. The summed E-state index contributed by atoms with van der Waals surface area (Å²) in [5.41, 5.74) is -0.675. The molecule has 12 heteroatoms. The SMILES string of the molecule is N#Cc1c(C(=O)N[C@@H]2CCC[C@H](Nc3cc(C(F)(F)F)nc4ccc(Cl)cc34)C2)c[nH][n+]1CF. The molecule has 4 rings (SSSR count). The number of aromatic nitrogens is 3. The molecular formula is C22H20ClF4N6O+. The molecule has 0 unspecified atom stereocenters. The lowest BCUT2D eigenvalue weighted by atomic mass is 9.90. The Morgan fingerprint density at radius 2 is 2.06 bits per heavy atom. The highest BCUT2D eigenvalue weighted by atomic mass is 35.5. The van der Waals surface area contributed by atoms with E-state index in [1.165, 1.54) is 18.3 Å². The normalized spacial score (nSPS) is 18.5. The summed E-state index contributed by atoms with van der Waals surface area (Å²) in [6, 6.07) is 6.75. The van der Waals surface area contributed by atoms with E-state index >= 15 is 0 Å². The molecule has 0 spiro atoms. The number of alkyl halides is 4. The number of hydrogen-bond acceptors (Lipinski definition) is 4. The van der Waals surface area contributed by atoms with Crippen LogP contribution in [0.2, 0.25) is 5.02 Å². The summed E-state index contributed by atoms with van der Waals surface area (Å²) in [4.78, 5) is 16.4. The molecule has 1 aliphatic carbocycles. The van der Waals surface area contributed by atoms with Gasteiger partial charge in [-0.05, 0) is 49.9 Å². The second kappa shape index (κ2) is 9.46. The number of aromatic amines is 1. The van der Waals surface area contributed by atoms with Crippen LogP contribution in [-0.4, -0.2) is 28.1 Å². The highest BCUT2D eigenvalue weighted by Gasteiger charge is 2.34. The Kier molecular flexibility index (Phi) is 6.61. The van der Waals surface area contributed by atoms with Crippen molar-refractivity contribution in [2.45, 2.75) is 50.7 Å². The number of nitrogens with one attached hydrogen (secondary N) is 3. The van der Waals surface area contributed by atoms with E-state index in [4.69, 9.17) is 11.6 Å². The van der Waals surface area contributed by atoms with Gasteiger partial charge in [0.2, 0.25) is 0 Å². The number of amides is 1. The summed E-state index contributed by atoms with van der Waals surface area (Å²) in [7, 11) is 0. The molecule has 2 aromatic heterocycles. The Balaban J connectivity index is 1.53. The first-order valence-electron chi connectivity index (χ1n) is 10.5. The minimum atomic E-state index is -4.61. The largest absolute Gasteiger partial charge is 0.433 e. The van der Waals surface area contributed by atoms with Crippen LogP contribution in [0.25, 0.3) is 10.9 Å². The van der Waals surface area contributed by atoms with Crippen molar-refractivity contribution in [3.05, 3.63) is 52.4 Å². The van der Waals surface area contributed by atoms with Gasteiger partial charge in [-0.15, -0.1) is 0 Å². The van der Waals surface area contributed by atoms with Gasteiger partial charge in [-0.1, -0.05) is 16.3 Å². The summed E-state index contributed by atoms with van der Waals surface area (Å²) >= 11 is 6.06. The molecule has 178 valence electrons. The molecule has 3 aromatic rings. The third kappa shape index (κ3) is 4.92. The summed E-state index contributed by atoms with van der Waals surface area (Å²) in [6.07, 6.45) is -0.825. The van der Waals surface area contributed by atoms with Crippen LogP contribution in [-0.2, 0) is 13.0 Å². The first kappa shape index (κ1) is 23.8. The zero-order valence-electron chi connectivity index (χ0n) is 17.7. The van der Waals surface area contributed by atoms with Gasteiger partial charge in [0.15, 0.2) is 6.07 Å². The van der Waals surface area contributed by atoms with Gasteiger partial charge in [-0.3, -0.25) is 4.79 Å². The maximum Gasteiger partial charge on any atom is 0.433 e. The Morgan fingerprint density at radius 1 is 1.29 bits per heavy atom. The molecule has 1 saturated carbocycles. The number of fused-ring (bicyclic) bond motifs is 1. The first-order chi connectivity index (χ1) is 16.2. The predicted octanol–water partition coefficient (Wildman–Crippen LogP) is 4.47. The third-order valence-electron chi connectivity index (χ3n) is 5.79. The number of benzene rings is 1. The molecular weight excluding hydrogens is 476 g/mol. The Bertz CT molecular complexity index is 1270. The summed E-state index contributed by atoms with van der Waals surface area (Å²) in [5.74, 6) is -0.522. The van der Waals surface area contributed by atoms with Gasteiger partial charge in [-0.2, -0.15) is 27.9 Å². The van der Waals surface area contributed by atoms with Crippen LogP contribution in [0.15, 0.2) is 30.5 Å². The van der Waals surface area contributed by atoms with E-state index in [1.807, 2.05) is 0 Å². The van der Waals surface area contributed by atoms with E-state index in [0.717, 1.165) is 17.2 Å². The number of carbonyl (C=O) groups excluding carboxylic acids is 1. The Hall–Kier alpha value is -3.39. The molecule has 0 aliphatic heterocycles. The molecule has 0 saturated heterocycles. The van der Waals surface area contributed by atoms with Crippen molar-refractivity contribution in [3.63, 3.8) is 0 Å². The van der Waals surface area contributed by atoms with Crippen molar-refractivity contribution >= 4 is 34.1 Å². The predicted molar refractivity (Wildman–Crippen MR) is 116 cm³/mol. The van der Waals surface area contributed by atoms with Crippen LogP contribution in [0, 0.1) is 11.3 Å². The topological polar surface area (TPSA) is 97.5 Å². The van der Waals surface area contributed by atoms with Crippen molar-refractivity contribution in [1.82, 2.24) is 15.4 Å². The third-order valence-corrected chi connectivity index (χ3v) is 6.03. The van der Waals surface area contributed by atoms with Gasteiger partial charge < -0.3 is 10.6 Å². The molecule has 3 N–H and O–H groups in total. The van der Waals surface area contributed by atoms with Crippen LogP contribution in [0.3, 0.4) is 0 Å². The van der Waals surface area contributed by atoms with Crippen LogP contribution < -0.4 is 15.3 Å². The van der Waals surface area contributed by atoms with E-state index in [2.05, 4.69) is 20.7 Å². The minimum Gasteiger partial charge on any atom is -0.382 e. The van der Waals surface area contributed by atoms with Crippen molar-refractivity contribution in [3.8, 4) is 6.07 Å². The molecule has 0 bridgehead atoms. The monoisotopic (exact) mass is 495 g/mol. The van der Waals surface area contributed by atoms with Gasteiger partial charge >= 0.3 is 18.7 Å². The minimum absolute atomic E-state index is 0.0276. The van der Waals surface area contributed by atoms with Gasteiger partial charge in [-0.25, -0.2) is 4.98 Å². The molecule has 34 heavy (non-hydrogen) atoms. The Morgan fingerprint density at radius 3 is 2.76 bits per heavy atom. The van der Waals surface area contributed by atoms with Crippen molar-refractivity contribution in [1.29, 1.82) is 5.26 Å². The van der Waals surface area contributed by atoms with Gasteiger partial charge in [0.05, 0.1) is 11.7 Å². The van der Waals surface area contributed by atoms with E-state index in [0.29, 0.717) is 29.7 Å². The molecule has 7 nitrogen and oxygen atoms in total. The molecule has 1 aliphatic rings. The van der Waals surface area contributed by atoms with E-state index in [9.17, 15) is 27.6 Å². The van der Waals surface area contributed by atoms with Crippen LogP contribution in [0.4, 0.5) is 23.2 Å². The fourth-order valence-corrected chi connectivity index (χ4v) is 4.38. The Labute approximate surface area is 196 Å². The van der Waals surface area contributed by atoms with Crippen molar-refractivity contribution < 1.29 is 27.0 Å². The quantitative estimate of drug-likeness (QED) is 0.359. The highest BCUT2D eigenvalue weighted by Crippen LogP contribution is 2.35. The van der Waals surface area contributed by atoms with Gasteiger partial charge in [0.25, 0.3) is 5.91 Å². The second-order valence-corrected chi connectivity index (χ2v) is 8.52. The zero-order valence-corrected chi connectivity index (χ0v) is 18.5.